The van der Waals surface area contributed by atoms with Crippen molar-refractivity contribution in [1.82, 2.24) is 4.31 Å². The molecule has 4 nitrogen and oxygen atoms in total. The summed E-state index contributed by atoms with van der Waals surface area (Å²) in [5, 5.41) is 0. The Kier molecular flexibility index (Phi) is 6.68. The summed E-state index contributed by atoms with van der Waals surface area (Å²) < 4.78 is 29.7. The number of ether oxygens (including phenoxy) is 1. The lowest BCUT2D eigenvalue weighted by Crippen LogP contribution is -2.42. The van der Waals surface area contributed by atoms with E-state index in [9.17, 15) is 8.42 Å². The number of nitrogens with zero attached hydrogens (tertiary/aromatic N) is 1. The van der Waals surface area contributed by atoms with Crippen molar-refractivity contribution in [3.05, 3.63) is 0 Å². The first-order valence-corrected chi connectivity index (χ1v) is 6.68. The minimum Gasteiger partial charge on any atom is -0.383 e. The van der Waals surface area contributed by atoms with Crippen LogP contribution in [0, 0.1) is 0 Å². The summed E-state index contributed by atoms with van der Waals surface area (Å²) in [4.78, 5) is 0. The van der Waals surface area contributed by atoms with Crippen LogP contribution in [0.15, 0.2) is 0 Å². The zero-order valence-electron chi connectivity index (χ0n) is 8.86. The van der Waals surface area contributed by atoms with Crippen LogP contribution in [0.1, 0.15) is 13.8 Å². The molecular weight excluding hydrogens is 226 g/mol. The van der Waals surface area contributed by atoms with E-state index in [-0.39, 0.29) is 17.7 Å². The number of sulfonamides is 1. The van der Waals surface area contributed by atoms with Crippen LogP contribution in [0.2, 0.25) is 0 Å². The Hall–Kier alpha value is 0.160. The first-order chi connectivity index (χ1) is 6.49. The average Bonchev–Trinajstić information content (AvgIpc) is 2.04. The van der Waals surface area contributed by atoms with E-state index < -0.39 is 10.0 Å². The van der Waals surface area contributed by atoms with E-state index in [1.165, 1.54) is 4.31 Å². The fraction of sp³-hybridized carbons (Fsp3) is 1.00. The van der Waals surface area contributed by atoms with Crippen LogP contribution in [-0.2, 0) is 14.8 Å². The fourth-order valence-electron chi connectivity index (χ4n) is 1.32. The molecule has 0 aliphatic heterocycles. The third kappa shape index (κ3) is 4.13. The summed E-state index contributed by atoms with van der Waals surface area (Å²) in [6.07, 6.45) is 0. The van der Waals surface area contributed by atoms with Gasteiger partial charge in [-0.3, -0.25) is 0 Å². The number of halogens is 1. The highest BCUT2D eigenvalue weighted by Crippen LogP contribution is 2.08. The van der Waals surface area contributed by atoms with E-state index >= 15 is 0 Å². The number of likely N-dealkylation sites (N-methyl/N-ethyl adjacent to an activating group) is 1. The van der Waals surface area contributed by atoms with Gasteiger partial charge in [-0.1, -0.05) is 6.92 Å². The summed E-state index contributed by atoms with van der Waals surface area (Å²) in [5.74, 6) is 0.106. The van der Waals surface area contributed by atoms with Gasteiger partial charge in [0.25, 0.3) is 0 Å². The van der Waals surface area contributed by atoms with Gasteiger partial charge in [-0.2, -0.15) is 4.31 Å². The highest BCUT2D eigenvalue weighted by Gasteiger charge is 2.24. The smallest absolute Gasteiger partial charge is 0.215 e. The maximum absolute atomic E-state index is 11.7. The van der Waals surface area contributed by atoms with Gasteiger partial charge >= 0.3 is 0 Å². The molecule has 0 N–H and O–H groups in total. The molecule has 0 saturated carbocycles. The van der Waals surface area contributed by atoms with Gasteiger partial charge in [0.05, 0.1) is 12.4 Å². The summed E-state index contributed by atoms with van der Waals surface area (Å²) in [7, 11) is -1.67. The van der Waals surface area contributed by atoms with Crippen LogP contribution in [0.4, 0.5) is 0 Å². The second-order valence-corrected chi connectivity index (χ2v) is 5.43. The molecule has 0 bridgehead atoms. The SMILES string of the molecule is CCN(C(C)COC)S(=O)(=O)CCCl. The Bertz CT molecular complexity index is 243. The summed E-state index contributed by atoms with van der Waals surface area (Å²) in [6, 6.07) is -0.141. The molecule has 0 rings (SSSR count). The van der Waals surface area contributed by atoms with Gasteiger partial charge in [0, 0.05) is 25.6 Å². The zero-order chi connectivity index (χ0) is 11.2. The van der Waals surface area contributed by atoms with Crippen molar-refractivity contribution in [2.45, 2.75) is 19.9 Å². The second-order valence-electron chi connectivity index (χ2n) is 3.01. The second kappa shape index (κ2) is 6.61. The molecule has 0 aromatic rings. The number of alkyl halides is 1. The third-order valence-corrected chi connectivity index (χ3v) is 4.37. The van der Waals surface area contributed by atoms with Gasteiger partial charge in [-0.15, -0.1) is 11.6 Å². The molecule has 0 saturated heterocycles. The molecule has 1 unspecified atom stereocenters. The van der Waals surface area contributed by atoms with E-state index in [1.807, 2.05) is 6.92 Å². The summed E-state index contributed by atoms with van der Waals surface area (Å²) in [5.41, 5.74) is 0. The van der Waals surface area contributed by atoms with Gasteiger partial charge in [0.1, 0.15) is 0 Å². The molecule has 0 aliphatic carbocycles. The Morgan fingerprint density at radius 3 is 2.43 bits per heavy atom. The Morgan fingerprint density at radius 1 is 1.50 bits per heavy atom. The standard InChI is InChI=1S/C8H18ClNO3S/c1-4-10(8(2)7-13-3)14(11,12)6-5-9/h8H,4-7H2,1-3H3. The normalized spacial score (nSPS) is 14.6. The van der Waals surface area contributed by atoms with E-state index in [0.717, 1.165) is 0 Å². The molecule has 0 fully saturated rings. The first-order valence-electron chi connectivity index (χ1n) is 4.54. The number of rotatable bonds is 7. The molecule has 0 spiro atoms. The highest BCUT2D eigenvalue weighted by atomic mass is 35.5. The van der Waals surface area contributed by atoms with Gasteiger partial charge in [-0.25, -0.2) is 8.42 Å². The Balaban J connectivity index is 4.54. The molecule has 0 aromatic carbocycles. The lowest BCUT2D eigenvalue weighted by Gasteiger charge is -2.26. The van der Waals surface area contributed by atoms with Crippen molar-refractivity contribution in [3.63, 3.8) is 0 Å². The highest BCUT2D eigenvalue weighted by molar-refractivity contribution is 7.89. The van der Waals surface area contributed by atoms with Gasteiger partial charge in [-0.05, 0) is 6.92 Å². The van der Waals surface area contributed by atoms with Gasteiger partial charge < -0.3 is 4.74 Å². The molecule has 6 heteroatoms. The quantitative estimate of drug-likeness (QED) is 0.625. The number of hydrogen-bond donors (Lipinski definition) is 0. The van der Waals surface area contributed by atoms with Crippen LogP contribution in [0.25, 0.3) is 0 Å². The maximum Gasteiger partial charge on any atom is 0.215 e. The van der Waals surface area contributed by atoms with E-state index in [1.54, 1.807) is 14.0 Å². The van der Waals surface area contributed by atoms with Crippen LogP contribution in [0.3, 0.4) is 0 Å². The lowest BCUT2D eigenvalue weighted by molar-refractivity contribution is 0.143. The van der Waals surface area contributed by atoms with Crippen LogP contribution < -0.4 is 0 Å². The van der Waals surface area contributed by atoms with E-state index in [4.69, 9.17) is 16.3 Å². The zero-order valence-corrected chi connectivity index (χ0v) is 10.4. The van der Waals surface area contributed by atoms with Crippen molar-refractivity contribution in [2.24, 2.45) is 0 Å². The molecule has 86 valence electrons. The van der Waals surface area contributed by atoms with Gasteiger partial charge in [0.2, 0.25) is 10.0 Å². The molecule has 14 heavy (non-hydrogen) atoms. The largest absolute Gasteiger partial charge is 0.383 e. The molecule has 0 aliphatic rings. The lowest BCUT2D eigenvalue weighted by atomic mass is 10.4. The Morgan fingerprint density at radius 2 is 2.07 bits per heavy atom. The number of hydrogen-bond acceptors (Lipinski definition) is 3. The predicted octanol–water partition coefficient (Wildman–Crippen LogP) is 0.912. The minimum absolute atomic E-state index is 0.0174. The fourth-order valence-corrected chi connectivity index (χ4v) is 3.34. The van der Waals surface area contributed by atoms with Gasteiger partial charge in [0.15, 0.2) is 0 Å². The summed E-state index contributed by atoms with van der Waals surface area (Å²) >= 11 is 5.43. The molecule has 1 atom stereocenters. The van der Waals surface area contributed by atoms with Crippen molar-refractivity contribution >= 4 is 21.6 Å². The Labute approximate surface area is 91.2 Å². The van der Waals surface area contributed by atoms with Crippen molar-refractivity contribution < 1.29 is 13.2 Å². The third-order valence-electron chi connectivity index (χ3n) is 1.90. The molecule has 0 radical (unpaired) electrons. The number of methoxy groups -OCH3 is 1. The predicted molar refractivity (Wildman–Crippen MR) is 58.2 cm³/mol. The van der Waals surface area contributed by atoms with E-state index in [2.05, 4.69) is 0 Å². The van der Waals surface area contributed by atoms with Crippen LogP contribution in [-0.4, -0.2) is 50.7 Å². The first kappa shape index (κ1) is 14.2. The van der Waals surface area contributed by atoms with Crippen LogP contribution in [0.5, 0.6) is 0 Å². The molecule has 0 heterocycles. The molecule has 0 amide bonds. The monoisotopic (exact) mass is 243 g/mol. The van der Waals surface area contributed by atoms with Crippen molar-refractivity contribution in [2.75, 3.05) is 31.9 Å². The topological polar surface area (TPSA) is 46.6 Å². The summed E-state index contributed by atoms with van der Waals surface area (Å²) in [6.45, 7) is 4.47. The molecule has 0 aromatic heterocycles. The van der Waals surface area contributed by atoms with Crippen molar-refractivity contribution in [1.29, 1.82) is 0 Å². The van der Waals surface area contributed by atoms with E-state index in [0.29, 0.717) is 13.2 Å². The average molecular weight is 244 g/mol. The maximum atomic E-state index is 11.7. The minimum atomic E-state index is -3.22. The van der Waals surface area contributed by atoms with Crippen LogP contribution >= 0.6 is 11.6 Å². The van der Waals surface area contributed by atoms with Crippen molar-refractivity contribution in [3.8, 4) is 0 Å². The molecular formula is C8H18ClNO3S.